The van der Waals surface area contributed by atoms with E-state index in [-0.39, 0.29) is 6.10 Å². The van der Waals surface area contributed by atoms with Gasteiger partial charge in [-0.05, 0) is 36.3 Å². The molecule has 0 aromatic heterocycles. The lowest BCUT2D eigenvalue weighted by molar-refractivity contribution is 0.173. The quantitative estimate of drug-likeness (QED) is 0.856. The molecule has 0 bridgehead atoms. The molecule has 1 N–H and O–H groups in total. The van der Waals surface area contributed by atoms with Crippen LogP contribution in [0.2, 0.25) is 0 Å². The molecule has 82 valence electrons. The normalized spacial score (nSPS) is 22.7. The van der Waals surface area contributed by atoms with Gasteiger partial charge in [0.2, 0.25) is 0 Å². The highest BCUT2D eigenvalue weighted by Crippen LogP contribution is 2.36. The van der Waals surface area contributed by atoms with Gasteiger partial charge in [-0.25, -0.2) is 0 Å². The Morgan fingerprint density at radius 3 is 3.07 bits per heavy atom. The highest BCUT2D eigenvalue weighted by molar-refractivity contribution is 8.00. The summed E-state index contributed by atoms with van der Waals surface area (Å²) in [5.74, 6) is 1.99. The molecule has 2 unspecified atom stereocenters. The molecule has 1 aliphatic heterocycles. The zero-order chi connectivity index (χ0) is 10.7. The van der Waals surface area contributed by atoms with E-state index in [2.05, 4.69) is 0 Å². The van der Waals surface area contributed by atoms with Crippen LogP contribution in [-0.2, 0) is 0 Å². The standard InChI is InChI=1S/C12H16O2S/c1-14-10-5-2-4-9(8-10)12(13)11-6-3-7-15-11/h2,4-5,8,11-13H,3,6-7H2,1H3. The van der Waals surface area contributed by atoms with Crippen LogP contribution in [0.15, 0.2) is 24.3 Å². The molecule has 1 fully saturated rings. The highest BCUT2D eigenvalue weighted by atomic mass is 32.2. The molecule has 1 heterocycles. The molecule has 1 aliphatic rings. The fourth-order valence-electron chi connectivity index (χ4n) is 1.89. The molecule has 2 atom stereocenters. The summed E-state index contributed by atoms with van der Waals surface area (Å²) in [6.07, 6.45) is 1.98. The van der Waals surface area contributed by atoms with Crippen LogP contribution in [-0.4, -0.2) is 23.2 Å². The van der Waals surface area contributed by atoms with E-state index in [0.29, 0.717) is 5.25 Å². The monoisotopic (exact) mass is 224 g/mol. The van der Waals surface area contributed by atoms with E-state index in [1.54, 1.807) is 7.11 Å². The van der Waals surface area contributed by atoms with Crippen LogP contribution in [0.3, 0.4) is 0 Å². The van der Waals surface area contributed by atoms with Crippen LogP contribution in [0, 0.1) is 0 Å². The lowest BCUT2D eigenvalue weighted by atomic mass is 10.0. The van der Waals surface area contributed by atoms with Crippen LogP contribution in [0.4, 0.5) is 0 Å². The molecular weight excluding hydrogens is 208 g/mol. The molecule has 2 rings (SSSR count). The number of aliphatic hydroxyl groups is 1. The smallest absolute Gasteiger partial charge is 0.119 e. The zero-order valence-corrected chi connectivity index (χ0v) is 9.67. The summed E-state index contributed by atoms with van der Waals surface area (Å²) in [5, 5.41) is 10.5. The molecule has 1 aromatic rings. The molecule has 0 spiro atoms. The van der Waals surface area contributed by atoms with Gasteiger partial charge in [0, 0.05) is 5.25 Å². The SMILES string of the molecule is COc1cccc(C(O)C2CCCS2)c1. The van der Waals surface area contributed by atoms with Gasteiger partial charge in [-0.15, -0.1) is 0 Å². The van der Waals surface area contributed by atoms with Gasteiger partial charge in [-0.3, -0.25) is 0 Å². The third kappa shape index (κ3) is 2.47. The van der Waals surface area contributed by atoms with E-state index in [1.165, 1.54) is 12.2 Å². The van der Waals surface area contributed by atoms with Gasteiger partial charge >= 0.3 is 0 Å². The fraction of sp³-hybridized carbons (Fsp3) is 0.500. The van der Waals surface area contributed by atoms with Crippen molar-refractivity contribution in [2.75, 3.05) is 12.9 Å². The first-order chi connectivity index (χ1) is 7.31. The summed E-state index contributed by atoms with van der Waals surface area (Å²) >= 11 is 1.87. The third-order valence-electron chi connectivity index (χ3n) is 2.75. The molecule has 15 heavy (non-hydrogen) atoms. The van der Waals surface area contributed by atoms with Crippen molar-refractivity contribution in [2.24, 2.45) is 0 Å². The molecule has 0 radical (unpaired) electrons. The molecule has 0 saturated carbocycles. The molecular formula is C12H16O2S. The van der Waals surface area contributed by atoms with E-state index in [4.69, 9.17) is 4.74 Å². The van der Waals surface area contributed by atoms with Gasteiger partial charge in [0.25, 0.3) is 0 Å². The summed E-state index contributed by atoms with van der Waals surface area (Å²) < 4.78 is 5.15. The summed E-state index contributed by atoms with van der Waals surface area (Å²) in [6, 6.07) is 7.71. The van der Waals surface area contributed by atoms with E-state index >= 15 is 0 Å². The Labute approximate surface area is 94.6 Å². The Morgan fingerprint density at radius 2 is 2.40 bits per heavy atom. The third-order valence-corrected chi connectivity index (χ3v) is 4.20. The topological polar surface area (TPSA) is 29.5 Å². The largest absolute Gasteiger partial charge is 0.497 e. The van der Waals surface area contributed by atoms with Gasteiger partial charge in [0.15, 0.2) is 0 Å². The van der Waals surface area contributed by atoms with Gasteiger partial charge < -0.3 is 9.84 Å². The number of thioether (sulfide) groups is 1. The van der Waals surface area contributed by atoms with Crippen molar-refractivity contribution in [3.8, 4) is 5.75 Å². The van der Waals surface area contributed by atoms with Crippen LogP contribution < -0.4 is 4.74 Å². The number of benzene rings is 1. The number of hydrogen-bond donors (Lipinski definition) is 1. The fourth-order valence-corrected chi connectivity index (χ4v) is 3.20. The minimum absolute atomic E-state index is 0.354. The van der Waals surface area contributed by atoms with Gasteiger partial charge in [-0.2, -0.15) is 11.8 Å². The predicted octanol–water partition coefficient (Wildman–Crippen LogP) is 2.62. The van der Waals surface area contributed by atoms with Crippen LogP contribution >= 0.6 is 11.8 Å². The summed E-state index contributed by atoms with van der Waals surface area (Å²) in [6.45, 7) is 0. The zero-order valence-electron chi connectivity index (χ0n) is 8.85. The number of hydrogen-bond acceptors (Lipinski definition) is 3. The number of rotatable bonds is 3. The first-order valence-corrected chi connectivity index (χ1v) is 6.30. The van der Waals surface area contributed by atoms with Crippen molar-refractivity contribution >= 4 is 11.8 Å². The summed E-state index contributed by atoms with van der Waals surface area (Å²) in [7, 11) is 1.65. The second-order valence-electron chi connectivity index (χ2n) is 3.77. The lowest BCUT2D eigenvalue weighted by Gasteiger charge is -2.17. The van der Waals surface area contributed by atoms with Gasteiger partial charge in [0.1, 0.15) is 5.75 Å². The van der Waals surface area contributed by atoms with Crippen molar-refractivity contribution in [1.82, 2.24) is 0 Å². The van der Waals surface area contributed by atoms with Crippen molar-refractivity contribution < 1.29 is 9.84 Å². The van der Waals surface area contributed by atoms with E-state index in [1.807, 2.05) is 36.0 Å². The maximum Gasteiger partial charge on any atom is 0.119 e. The van der Waals surface area contributed by atoms with Crippen molar-refractivity contribution in [1.29, 1.82) is 0 Å². The Hall–Kier alpha value is -0.670. The molecule has 0 amide bonds. The maximum absolute atomic E-state index is 10.2. The second kappa shape index (κ2) is 4.90. The van der Waals surface area contributed by atoms with Gasteiger partial charge in [0.05, 0.1) is 13.2 Å². The minimum atomic E-state index is -0.354. The number of methoxy groups -OCH3 is 1. The minimum Gasteiger partial charge on any atom is -0.497 e. The first-order valence-electron chi connectivity index (χ1n) is 5.25. The highest BCUT2D eigenvalue weighted by Gasteiger charge is 2.25. The number of aliphatic hydroxyl groups excluding tert-OH is 1. The van der Waals surface area contributed by atoms with Crippen LogP contribution in [0.1, 0.15) is 24.5 Å². The van der Waals surface area contributed by atoms with Gasteiger partial charge in [-0.1, -0.05) is 12.1 Å². The molecule has 0 aliphatic carbocycles. The molecule has 1 aromatic carbocycles. The van der Waals surface area contributed by atoms with Crippen molar-refractivity contribution in [3.05, 3.63) is 29.8 Å². The Kier molecular flexibility index (Phi) is 3.54. The second-order valence-corrected chi connectivity index (χ2v) is 5.12. The van der Waals surface area contributed by atoms with Crippen LogP contribution in [0.5, 0.6) is 5.75 Å². The Morgan fingerprint density at radius 1 is 1.53 bits per heavy atom. The average molecular weight is 224 g/mol. The van der Waals surface area contributed by atoms with Crippen molar-refractivity contribution in [3.63, 3.8) is 0 Å². The predicted molar refractivity (Wildman–Crippen MR) is 63.4 cm³/mol. The van der Waals surface area contributed by atoms with E-state index < -0.39 is 0 Å². The first kappa shape index (κ1) is 10.8. The van der Waals surface area contributed by atoms with E-state index in [0.717, 1.165) is 17.7 Å². The van der Waals surface area contributed by atoms with Crippen molar-refractivity contribution in [2.45, 2.75) is 24.2 Å². The average Bonchev–Trinajstić information content (AvgIpc) is 2.81. The number of ether oxygens (including phenoxy) is 1. The Bertz CT molecular complexity index is 321. The Balaban J connectivity index is 2.13. The maximum atomic E-state index is 10.2. The van der Waals surface area contributed by atoms with Crippen LogP contribution in [0.25, 0.3) is 0 Å². The molecule has 1 saturated heterocycles. The molecule has 3 heteroatoms. The summed E-state index contributed by atoms with van der Waals surface area (Å²) in [4.78, 5) is 0. The molecule has 2 nitrogen and oxygen atoms in total. The van der Waals surface area contributed by atoms with E-state index in [9.17, 15) is 5.11 Å². The lowest BCUT2D eigenvalue weighted by Crippen LogP contribution is -2.11. The summed E-state index contributed by atoms with van der Waals surface area (Å²) in [5.41, 5.74) is 0.966.